The first-order chi connectivity index (χ1) is 11.4. The summed E-state index contributed by atoms with van der Waals surface area (Å²) in [5, 5.41) is 7.24. The third kappa shape index (κ3) is 3.67. The molecule has 5 heteroatoms. The van der Waals surface area contributed by atoms with E-state index in [2.05, 4.69) is 60.4 Å². The Morgan fingerprint density at radius 1 is 1.25 bits per heavy atom. The van der Waals surface area contributed by atoms with Crippen LogP contribution in [0.4, 0.5) is 5.69 Å². The lowest BCUT2D eigenvalue weighted by Gasteiger charge is -2.18. The number of rotatable bonds is 4. The van der Waals surface area contributed by atoms with E-state index in [1.54, 1.807) is 12.4 Å². The Kier molecular flexibility index (Phi) is 4.42. The Bertz CT molecular complexity index is 747. The van der Waals surface area contributed by atoms with Crippen molar-refractivity contribution in [2.45, 2.75) is 32.9 Å². The van der Waals surface area contributed by atoms with Crippen LogP contribution < -0.4 is 10.2 Å². The lowest BCUT2D eigenvalue weighted by Crippen LogP contribution is -2.24. The van der Waals surface area contributed by atoms with Crippen molar-refractivity contribution < 1.29 is 4.79 Å². The minimum atomic E-state index is -0.128. The highest BCUT2D eigenvalue weighted by Gasteiger charge is 2.16. The number of benzene rings is 1. The van der Waals surface area contributed by atoms with Crippen molar-refractivity contribution in [3.63, 3.8) is 0 Å². The third-order valence-electron chi connectivity index (χ3n) is 4.08. The minimum Gasteiger partial charge on any atom is -0.364 e. The van der Waals surface area contributed by atoms with Crippen LogP contribution in [0.2, 0.25) is 0 Å². The normalized spacial score (nSPS) is 14.2. The predicted molar refractivity (Wildman–Crippen MR) is 96.2 cm³/mol. The molecule has 2 heterocycles. The molecule has 0 atom stereocenters. The number of anilines is 1. The summed E-state index contributed by atoms with van der Waals surface area (Å²) < 4.78 is 1.81. The molecule has 1 aromatic carbocycles. The van der Waals surface area contributed by atoms with Crippen LogP contribution in [0.1, 0.15) is 36.7 Å². The summed E-state index contributed by atoms with van der Waals surface area (Å²) in [4.78, 5) is 14.6. The quantitative estimate of drug-likeness (QED) is 0.880. The van der Waals surface area contributed by atoms with Gasteiger partial charge in [0, 0.05) is 31.5 Å². The number of hydrogen-bond donors (Lipinski definition) is 1. The van der Waals surface area contributed by atoms with Crippen LogP contribution in [-0.2, 0) is 12.1 Å². The molecule has 1 amide bonds. The van der Waals surface area contributed by atoms with E-state index in [1.807, 2.05) is 16.8 Å². The van der Waals surface area contributed by atoms with Gasteiger partial charge in [0.25, 0.3) is 5.91 Å². The molecule has 0 radical (unpaired) electrons. The van der Waals surface area contributed by atoms with Gasteiger partial charge in [-0.1, -0.05) is 24.3 Å². The molecule has 1 aliphatic heterocycles. The van der Waals surface area contributed by atoms with Crippen LogP contribution in [0.25, 0.3) is 0 Å². The van der Waals surface area contributed by atoms with Gasteiger partial charge in [0.1, 0.15) is 0 Å². The molecule has 0 bridgehead atoms. The zero-order valence-corrected chi connectivity index (χ0v) is 14.5. The maximum Gasteiger partial charge on any atom is 0.254 e. The maximum absolute atomic E-state index is 12.3. The molecule has 5 nitrogen and oxygen atoms in total. The Morgan fingerprint density at radius 3 is 2.67 bits per heavy atom. The van der Waals surface area contributed by atoms with Gasteiger partial charge in [0.2, 0.25) is 0 Å². The molecule has 2 aromatic rings. The molecule has 1 aliphatic rings. The van der Waals surface area contributed by atoms with Gasteiger partial charge in [0.15, 0.2) is 0 Å². The molecule has 1 N–H and O–H groups in total. The van der Waals surface area contributed by atoms with E-state index in [0.29, 0.717) is 12.1 Å². The first-order valence-electron chi connectivity index (χ1n) is 8.26. The number of amides is 1. The SMILES string of the molecule is CC(C)(C)n1cc(C(=O)NCc2cccc(N3CC=CC3)c2)cn1. The first kappa shape index (κ1) is 16.3. The summed E-state index contributed by atoms with van der Waals surface area (Å²) >= 11 is 0. The fourth-order valence-corrected chi connectivity index (χ4v) is 2.64. The summed E-state index contributed by atoms with van der Waals surface area (Å²) in [6, 6.07) is 8.30. The van der Waals surface area contributed by atoms with E-state index in [9.17, 15) is 4.79 Å². The van der Waals surface area contributed by atoms with Gasteiger partial charge in [-0.05, 0) is 38.5 Å². The standard InChI is InChI=1S/C19H24N4O/c1-19(2,3)23-14-16(13-21-23)18(24)20-12-15-7-6-8-17(11-15)22-9-4-5-10-22/h4-8,11,13-14H,9-10,12H2,1-3H3,(H,20,24). The van der Waals surface area contributed by atoms with Crippen LogP contribution >= 0.6 is 0 Å². The van der Waals surface area contributed by atoms with E-state index in [1.165, 1.54) is 5.69 Å². The van der Waals surface area contributed by atoms with Crippen molar-refractivity contribution in [2.75, 3.05) is 18.0 Å². The van der Waals surface area contributed by atoms with Gasteiger partial charge in [-0.3, -0.25) is 9.48 Å². The van der Waals surface area contributed by atoms with Crippen LogP contribution in [0, 0.1) is 0 Å². The van der Waals surface area contributed by atoms with Crippen LogP contribution in [0.15, 0.2) is 48.8 Å². The smallest absolute Gasteiger partial charge is 0.254 e. The molecular weight excluding hydrogens is 300 g/mol. The van der Waals surface area contributed by atoms with Gasteiger partial charge >= 0.3 is 0 Å². The number of nitrogens with one attached hydrogen (secondary N) is 1. The summed E-state index contributed by atoms with van der Waals surface area (Å²) in [5.41, 5.74) is 2.74. The lowest BCUT2D eigenvalue weighted by molar-refractivity contribution is 0.0950. The first-order valence-corrected chi connectivity index (χ1v) is 8.26. The third-order valence-corrected chi connectivity index (χ3v) is 4.08. The lowest BCUT2D eigenvalue weighted by atomic mass is 10.1. The van der Waals surface area contributed by atoms with Gasteiger partial charge in [0.05, 0.1) is 17.3 Å². The van der Waals surface area contributed by atoms with Gasteiger partial charge in [-0.2, -0.15) is 5.10 Å². The molecule has 0 saturated carbocycles. The molecular formula is C19H24N4O. The highest BCUT2D eigenvalue weighted by Crippen LogP contribution is 2.18. The number of hydrogen-bond acceptors (Lipinski definition) is 3. The number of nitrogens with zero attached hydrogens (tertiary/aromatic N) is 3. The second kappa shape index (κ2) is 6.51. The average molecular weight is 324 g/mol. The Balaban J connectivity index is 1.62. The van der Waals surface area contributed by atoms with E-state index in [-0.39, 0.29) is 11.4 Å². The molecule has 126 valence electrons. The van der Waals surface area contributed by atoms with Crippen LogP contribution in [0.5, 0.6) is 0 Å². The van der Waals surface area contributed by atoms with E-state index >= 15 is 0 Å². The minimum absolute atomic E-state index is 0.0984. The molecule has 0 unspecified atom stereocenters. The fourth-order valence-electron chi connectivity index (χ4n) is 2.64. The average Bonchev–Trinajstić information content (AvgIpc) is 3.23. The second-order valence-corrected chi connectivity index (χ2v) is 7.07. The number of carbonyl (C=O) groups excluding carboxylic acids is 1. The predicted octanol–water partition coefficient (Wildman–Crippen LogP) is 2.94. The van der Waals surface area contributed by atoms with Crippen molar-refractivity contribution in [3.8, 4) is 0 Å². The second-order valence-electron chi connectivity index (χ2n) is 7.07. The molecule has 3 rings (SSSR count). The topological polar surface area (TPSA) is 50.2 Å². The summed E-state index contributed by atoms with van der Waals surface area (Å²) in [7, 11) is 0. The fraction of sp³-hybridized carbons (Fsp3) is 0.368. The van der Waals surface area contributed by atoms with Gasteiger partial charge in [-0.25, -0.2) is 0 Å². The Hall–Kier alpha value is -2.56. The maximum atomic E-state index is 12.3. The van der Waals surface area contributed by atoms with E-state index in [0.717, 1.165) is 18.7 Å². The Labute approximate surface area is 143 Å². The number of carbonyl (C=O) groups is 1. The van der Waals surface area contributed by atoms with Crippen molar-refractivity contribution in [1.82, 2.24) is 15.1 Å². The molecule has 0 saturated heterocycles. The highest BCUT2D eigenvalue weighted by molar-refractivity contribution is 5.93. The van der Waals surface area contributed by atoms with Crippen LogP contribution in [-0.4, -0.2) is 28.8 Å². The van der Waals surface area contributed by atoms with Crippen molar-refractivity contribution >= 4 is 11.6 Å². The molecule has 0 spiro atoms. The number of aromatic nitrogens is 2. The molecule has 24 heavy (non-hydrogen) atoms. The van der Waals surface area contributed by atoms with E-state index < -0.39 is 0 Å². The van der Waals surface area contributed by atoms with Crippen molar-refractivity contribution in [3.05, 3.63) is 59.9 Å². The van der Waals surface area contributed by atoms with Crippen molar-refractivity contribution in [2.24, 2.45) is 0 Å². The summed E-state index contributed by atoms with van der Waals surface area (Å²) in [5.74, 6) is -0.0984. The monoisotopic (exact) mass is 324 g/mol. The van der Waals surface area contributed by atoms with Gasteiger partial charge < -0.3 is 10.2 Å². The highest BCUT2D eigenvalue weighted by atomic mass is 16.1. The summed E-state index contributed by atoms with van der Waals surface area (Å²) in [6.45, 7) is 8.57. The Morgan fingerprint density at radius 2 is 2.00 bits per heavy atom. The largest absolute Gasteiger partial charge is 0.364 e. The van der Waals surface area contributed by atoms with Crippen molar-refractivity contribution in [1.29, 1.82) is 0 Å². The zero-order valence-electron chi connectivity index (χ0n) is 14.5. The summed E-state index contributed by atoms with van der Waals surface area (Å²) in [6.07, 6.45) is 7.75. The molecule has 0 fully saturated rings. The van der Waals surface area contributed by atoms with Gasteiger partial charge in [-0.15, -0.1) is 0 Å². The molecule has 1 aromatic heterocycles. The van der Waals surface area contributed by atoms with E-state index in [4.69, 9.17) is 0 Å². The molecule has 0 aliphatic carbocycles. The van der Waals surface area contributed by atoms with Crippen LogP contribution in [0.3, 0.4) is 0 Å². The zero-order chi connectivity index (χ0) is 17.2.